The molecule has 0 aromatic heterocycles. The average Bonchev–Trinajstić information content (AvgIpc) is 2.63. The Morgan fingerprint density at radius 1 is 1.35 bits per heavy atom. The molecule has 0 N–H and O–H groups in total. The Balaban J connectivity index is 2.27. The Labute approximate surface area is 117 Å². The third-order valence-electron chi connectivity index (χ3n) is 2.91. The monoisotopic (exact) mass is 285 g/mol. The van der Waals surface area contributed by atoms with Crippen molar-refractivity contribution in [1.82, 2.24) is 4.90 Å². The zero-order chi connectivity index (χ0) is 15.3. The molecule has 2 amide bonds. The van der Waals surface area contributed by atoms with Crippen LogP contribution in [0.1, 0.15) is 34.1 Å². The summed E-state index contributed by atoms with van der Waals surface area (Å²) >= 11 is 0. The van der Waals surface area contributed by atoms with Crippen molar-refractivity contribution in [2.24, 2.45) is 0 Å². The van der Waals surface area contributed by atoms with Crippen LogP contribution in [0, 0.1) is 0 Å². The van der Waals surface area contributed by atoms with Gasteiger partial charge in [-0.15, -0.1) is 0 Å². The lowest BCUT2D eigenvalue weighted by atomic mass is 10.1. The summed E-state index contributed by atoms with van der Waals surface area (Å²) in [5.41, 5.74) is -0.230. The zero-order valence-electron chi connectivity index (χ0n) is 12.1. The van der Waals surface area contributed by atoms with Crippen LogP contribution in [-0.2, 0) is 24.1 Å². The molecular weight excluding hydrogens is 266 g/mol. The van der Waals surface area contributed by atoms with Crippen LogP contribution < -0.4 is 0 Å². The van der Waals surface area contributed by atoms with Gasteiger partial charge >= 0.3 is 6.16 Å². The number of carbonyl (C=O) groups is 3. The highest BCUT2D eigenvalue weighted by molar-refractivity contribution is 6.15. The Kier molecular flexibility index (Phi) is 5.26. The van der Waals surface area contributed by atoms with Gasteiger partial charge in [0, 0.05) is 11.6 Å². The van der Waals surface area contributed by atoms with Crippen LogP contribution in [0.3, 0.4) is 0 Å². The topological polar surface area (TPSA) is 82.1 Å². The van der Waals surface area contributed by atoms with Gasteiger partial charge < -0.3 is 4.74 Å². The van der Waals surface area contributed by atoms with E-state index < -0.39 is 17.7 Å². The van der Waals surface area contributed by atoms with Gasteiger partial charge in [0.05, 0.1) is 6.54 Å². The molecular formula is C13H19NO6. The lowest BCUT2D eigenvalue weighted by Crippen LogP contribution is -2.34. The van der Waals surface area contributed by atoms with Crippen molar-refractivity contribution in [3.05, 3.63) is 11.6 Å². The molecule has 112 valence electrons. The van der Waals surface area contributed by atoms with E-state index in [1.165, 1.54) is 6.08 Å². The summed E-state index contributed by atoms with van der Waals surface area (Å²) in [6.45, 7) is 6.79. The maximum Gasteiger partial charge on any atom is 0.540 e. The van der Waals surface area contributed by atoms with Crippen LogP contribution in [0.5, 0.6) is 0 Å². The molecule has 0 unspecified atom stereocenters. The number of imide groups is 1. The normalized spacial score (nSPS) is 15.4. The van der Waals surface area contributed by atoms with Gasteiger partial charge in [-0.05, 0) is 27.2 Å². The van der Waals surface area contributed by atoms with Gasteiger partial charge in [0.15, 0.2) is 0 Å². The molecule has 7 nitrogen and oxygen atoms in total. The van der Waals surface area contributed by atoms with Crippen molar-refractivity contribution in [2.75, 3.05) is 13.2 Å². The Morgan fingerprint density at radius 2 is 2.00 bits per heavy atom. The van der Waals surface area contributed by atoms with E-state index in [1.54, 1.807) is 20.8 Å². The van der Waals surface area contributed by atoms with Gasteiger partial charge in [-0.25, -0.2) is 4.79 Å². The van der Waals surface area contributed by atoms with Crippen LogP contribution >= 0.6 is 0 Å². The molecule has 0 spiro atoms. The van der Waals surface area contributed by atoms with E-state index in [-0.39, 0.29) is 19.1 Å². The first kappa shape index (κ1) is 16.2. The average molecular weight is 285 g/mol. The van der Waals surface area contributed by atoms with Crippen LogP contribution in [0.25, 0.3) is 0 Å². The van der Waals surface area contributed by atoms with Crippen molar-refractivity contribution in [3.8, 4) is 0 Å². The van der Waals surface area contributed by atoms with Crippen molar-refractivity contribution in [2.45, 2.75) is 39.7 Å². The number of nitrogens with zero attached hydrogens (tertiary/aromatic N) is 1. The molecule has 1 rings (SSSR count). The highest BCUT2D eigenvalue weighted by Crippen LogP contribution is 2.14. The number of hydrogen-bond donors (Lipinski definition) is 0. The molecule has 0 aliphatic carbocycles. The molecule has 20 heavy (non-hydrogen) atoms. The van der Waals surface area contributed by atoms with Gasteiger partial charge in [-0.3, -0.25) is 19.4 Å². The van der Waals surface area contributed by atoms with Gasteiger partial charge in [-0.1, -0.05) is 6.92 Å². The predicted octanol–water partition coefficient (Wildman–Crippen LogP) is 1.57. The van der Waals surface area contributed by atoms with Crippen molar-refractivity contribution in [1.29, 1.82) is 0 Å². The summed E-state index contributed by atoms with van der Waals surface area (Å²) in [4.78, 5) is 44.5. The summed E-state index contributed by atoms with van der Waals surface area (Å²) in [6.07, 6.45) is 0.894. The van der Waals surface area contributed by atoms with Crippen LogP contribution in [-0.4, -0.2) is 41.6 Å². The predicted molar refractivity (Wildman–Crippen MR) is 68.4 cm³/mol. The van der Waals surface area contributed by atoms with Crippen LogP contribution in [0.15, 0.2) is 11.6 Å². The molecule has 0 atom stereocenters. The van der Waals surface area contributed by atoms with Gasteiger partial charge in [0.25, 0.3) is 11.8 Å². The van der Waals surface area contributed by atoms with Crippen molar-refractivity contribution >= 4 is 18.0 Å². The highest BCUT2D eigenvalue weighted by Gasteiger charge is 2.28. The number of amides is 2. The zero-order valence-corrected chi connectivity index (χ0v) is 12.1. The summed E-state index contributed by atoms with van der Waals surface area (Å²) < 4.78 is 4.72. The van der Waals surface area contributed by atoms with Crippen LogP contribution in [0.4, 0.5) is 4.79 Å². The fraction of sp³-hybridized carbons (Fsp3) is 0.615. The van der Waals surface area contributed by atoms with Crippen LogP contribution in [0.2, 0.25) is 0 Å². The van der Waals surface area contributed by atoms with E-state index in [2.05, 4.69) is 4.89 Å². The quantitative estimate of drug-likeness (QED) is 0.319. The molecule has 0 radical (unpaired) electrons. The minimum Gasteiger partial charge on any atom is -0.430 e. The molecule has 1 aliphatic rings. The Hall–Kier alpha value is -1.89. The number of rotatable bonds is 6. The molecule has 0 saturated carbocycles. The molecule has 0 aromatic carbocycles. The second kappa shape index (κ2) is 6.51. The van der Waals surface area contributed by atoms with E-state index in [0.29, 0.717) is 12.0 Å². The van der Waals surface area contributed by atoms with Gasteiger partial charge in [-0.2, -0.15) is 4.89 Å². The second-order valence-electron chi connectivity index (χ2n) is 5.00. The van der Waals surface area contributed by atoms with E-state index in [9.17, 15) is 14.4 Å². The van der Waals surface area contributed by atoms with Crippen molar-refractivity contribution < 1.29 is 28.9 Å². The van der Waals surface area contributed by atoms with E-state index in [4.69, 9.17) is 9.62 Å². The maximum atomic E-state index is 11.5. The van der Waals surface area contributed by atoms with E-state index in [0.717, 1.165) is 4.90 Å². The number of carbonyl (C=O) groups excluding carboxylic acids is 3. The fourth-order valence-electron chi connectivity index (χ4n) is 1.30. The first-order valence-corrected chi connectivity index (χ1v) is 6.33. The largest absolute Gasteiger partial charge is 0.540 e. The minimum atomic E-state index is -1.00. The fourth-order valence-corrected chi connectivity index (χ4v) is 1.30. The lowest BCUT2D eigenvalue weighted by molar-refractivity contribution is -0.317. The molecule has 0 bridgehead atoms. The second-order valence-corrected chi connectivity index (χ2v) is 5.00. The molecule has 7 heteroatoms. The Morgan fingerprint density at radius 3 is 2.50 bits per heavy atom. The SMILES string of the molecule is CCC(C)(C)OOC(=O)OCCN1C(=O)C=C(C)C1=O. The van der Waals surface area contributed by atoms with Gasteiger partial charge in [0.1, 0.15) is 12.2 Å². The lowest BCUT2D eigenvalue weighted by Gasteiger charge is -2.20. The summed E-state index contributed by atoms with van der Waals surface area (Å²) in [6, 6.07) is 0. The standard InChI is InChI=1S/C13H19NO6/c1-5-13(3,4)20-19-12(17)18-7-6-14-10(15)8-9(2)11(14)16/h8H,5-7H2,1-4H3. The van der Waals surface area contributed by atoms with E-state index >= 15 is 0 Å². The number of ether oxygens (including phenoxy) is 1. The van der Waals surface area contributed by atoms with Crippen molar-refractivity contribution in [3.63, 3.8) is 0 Å². The molecule has 1 heterocycles. The summed E-state index contributed by atoms with van der Waals surface area (Å²) in [5.74, 6) is -0.789. The number of hydrogen-bond acceptors (Lipinski definition) is 6. The molecule has 1 aliphatic heterocycles. The third-order valence-corrected chi connectivity index (χ3v) is 2.91. The molecule has 0 fully saturated rings. The first-order chi connectivity index (χ1) is 9.26. The van der Waals surface area contributed by atoms with E-state index in [1.807, 2.05) is 6.92 Å². The molecule has 0 aromatic rings. The first-order valence-electron chi connectivity index (χ1n) is 6.33. The molecule has 0 saturated heterocycles. The minimum absolute atomic E-state index is 0.0161. The summed E-state index contributed by atoms with van der Waals surface area (Å²) in [5, 5.41) is 0. The summed E-state index contributed by atoms with van der Waals surface area (Å²) in [7, 11) is 0. The van der Waals surface area contributed by atoms with Gasteiger partial charge in [0.2, 0.25) is 0 Å². The Bertz CT molecular complexity index is 440. The smallest absolute Gasteiger partial charge is 0.430 e. The maximum absolute atomic E-state index is 11.5. The third kappa shape index (κ3) is 4.34. The highest BCUT2D eigenvalue weighted by atomic mass is 17.2.